The van der Waals surface area contributed by atoms with Crippen molar-refractivity contribution in [3.05, 3.63) is 41.2 Å². The minimum atomic E-state index is -0.0688. The lowest BCUT2D eigenvalue weighted by molar-refractivity contribution is 0.383. The van der Waals surface area contributed by atoms with Gasteiger partial charge in [0.15, 0.2) is 0 Å². The zero-order chi connectivity index (χ0) is 15.4. The van der Waals surface area contributed by atoms with E-state index in [9.17, 15) is 0 Å². The van der Waals surface area contributed by atoms with E-state index in [-0.39, 0.29) is 6.04 Å². The Hall–Kier alpha value is -2.05. The fourth-order valence-corrected chi connectivity index (χ4v) is 2.43. The van der Waals surface area contributed by atoms with Gasteiger partial charge < -0.3 is 9.47 Å². The lowest BCUT2D eigenvalue weighted by atomic mass is 10.0. The maximum absolute atomic E-state index is 5.74. The third kappa shape index (κ3) is 3.34. The molecule has 0 aliphatic rings. The molecule has 1 unspecified atom stereocenters. The minimum Gasteiger partial charge on any atom is -0.497 e. The van der Waals surface area contributed by atoms with Crippen LogP contribution in [0, 0.1) is 6.92 Å². The van der Waals surface area contributed by atoms with Crippen molar-refractivity contribution in [3.8, 4) is 11.5 Å². The van der Waals surface area contributed by atoms with Gasteiger partial charge in [0.2, 0.25) is 0 Å². The highest BCUT2D eigenvalue weighted by Crippen LogP contribution is 2.30. The molecule has 0 fully saturated rings. The molecule has 1 aromatic carbocycles. The number of rotatable bonds is 6. The Morgan fingerprint density at radius 3 is 2.57 bits per heavy atom. The SMILES string of the molecule is COc1ccc(C(Cc2cc(C)nn2C)NN)c(OC)c1. The van der Waals surface area contributed by atoms with E-state index in [0.29, 0.717) is 0 Å². The fourth-order valence-electron chi connectivity index (χ4n) is 2.43. The highest BCUT2D eigenvalue weighted by Gasteiger charge is 2.18. The third-order valence-electron chi connectivity index (χ3n) is 3.53. The van der Waals surface area contributed by atoms with Crippen LogP contribution >= 0.6 is 0 Å². The Balaban J connectivity index is 2.30. The first kappa shape index (κ1) is 15.3. The van der Waals surface area contributed by atoms with Crippen LogP contribution in [0.1, 0.15) is 23.0 Å². The third-order valence-corrected chi connectivity index (χ3v) is 3.53. The Morgan fingerprint density at radius 1 is 1.29 bits per heavy atom. The van der Waals surface area contributed by atoms with Crippen LogP contribution in [0.5, 0.6) is 11.5 Å². The number of benzene rings is 1. The second-order valence-electron chi connectivity index (χ2n) is 4.93. The van der Waals surface area contributed by atoms with E-state index >= 15 is 0 Å². The van der Waals surface area contributed by atoms with Crippen LogP contribution in [0.4, 0.5) is 0 Å². The summed E-state index contributed by atoms with van der Waals surface area (Å²) >= 11 is 0. The lowest BCUT2D eigenvalue weighted by Gasteiger charge is -2.19. The van der Waals surface area contributed by atoms with Crippen LogP contribution in [0.2, 0.25) is 0 Å². The molecule has 0 bridgehead atoms. The molecule has 6 heteroatoms. The quantitative estimate of drug-likeness (QED) is 0.623. The Kier molecular flexibility index (Phi) is 4.82. The fraction of sp³-hybridized carbons (Fsp3) is 0.400. The van der Waals surface area contributed by atoms with Gasteiger partial charge in [0.05, 0.1) is 26.0 Å². The lowest BCUT2D eigenvalue weighted by Crippen LogP contribution is -2.30. The molecule has 0 aliphatic carbocycles. The maximum atomic E-state index is 5.74. The number of aromatic nitrogens is 2. The minimum absolute atomic E-state index is 0.0688. The molecule has 0 saturated carbocycles. The van der Waals surface area contributed by atoms with Gasteiger partial charge in [-0.2, -0.15) is 5.10 Å². The van der Waals surface area contributed by atoms with E-state index in [4.69, 9.17) is 15.3 Å². The Morgan fingerprint density at radius 2 is 2.05 bits per heavy atom. The first-order valence-electron chi connectivity index (χ1n) is 6.76. The van der Waals surface area contributed by atoms with Crippen molar-refractivity contribution in [3.63, 3.8) is 0 Å². The van der Waals surface area contributed by atoms with Crippen LogP contribution in [-0.4, -0.2) is 24.0 Å². The highest BCUT2D eigenvalue weighted by molar-refractivity contribution is 5.43. The maximum Gasteiger partial charge on any atom is 0.127 e. The number of hydrogen-bond acceptors (Lipinski definition) is 5. The first-order valence-corrected chi connectivity index (χ1v) is 6.76. The summed E-state index contributed by atoms with van der Waals surface area (Å²) in [5, 5.41) is 4.36. The number of ether oxygens (including phenoxy) is 2. The summed E-state index contributed by atoms with van der Waals surface area (Å²) in [5.41, 5.74) is 5.94. The van der Waals surface area contributed by atoms with Gasteiger partial charge in [0.25, 0.3) is 0 Å². The average molecular weight is 290 g/mol. The van der Waals surface area contributed by atoms with Crippen molar-refractivity contribution >= 4 is 0 Å². The molecule has 2 aromatic rings. The molecular weight excluding hydrogens is 268 g/mol. The van der Waals surface area contributed by atoms with Gasteiger partial charge in [-0.3, -0.25) is 16.0 Å². The van der Waals surface area contributed by atoms with E-state index in [1.807, 2.05) is 36.9 Å². The number of methoxy groups -OCH3 is 2. The standard InChI is InChI=1S/C15H22N4O2/c1-10-7-11(19(2)18-10)8-14(17-16)13-6-5-12(20-3)9-15(13)21-4/h5-7,9,14,17H,8,16H2,1-4H3. The monoisotopic (exact) mass is 290 g/mol. The first-order chi connectivity index (χ1) is 10.1. The summed E-state index contributed by atoms with van der Waals surface area (Å²) in [5.74, 6) is 7.24. The molecule has 0 amide bonds. The molecule has 3 N–H and O–H groups in total. The number of hydrogen-bond donors (Lipinski definition) is 2. The van der Waals surface area contributed by atoms with Gasteiger partial charge in [-0.1, -0.05) is 6.07 Å². The number of nitrogens with zero attached hydrogens (tertiary/aromatic N) is 2. The largest absolute Gasteiger partial charge is 0.497 e. The molecule has 0 saturated heterocycles. The molecular formula is C15H22N4O2. The molecule has 21 heavy (non-hydrogen) atoms. The Labute approximate surface area is 124 Å². The summed E-state index contributed by atoms with van der Waals surface area (Å²) in [6.45, 7) is 1.97. The van der Waals surface area contributed by atoms with Crippen LogP contribution in [0.25, 0.3) is 0 Å². The zero-order valence-electron chi connectivity index (χ0n) is 12.9. The van der Waals surface area contributed by atoms with E-state index in [1.165, 1.54) is 0 Å². The van der Waals surface area contributed by atoms with Gasteiger partial charge in [0.1, 0.15) is 11.5 Å². The molecule has 1 atom stereocenters. The molecule has 0 spiro atoms. The van der Waals surface area contributed by atoms with Crippen LogP contribution in [-0.2, 0) is 13.5 Å². The normalized spacial score (nSPS) is 12.2. The van der Waals surface area contributed by atoms with Crippen LogP contribution < -0.4 is 20.7 Å². The summed E-state index contributed by atoms with van der Waals surface area (Å²) in [4.78, 5) is 0. The second kappa shape index (κ2) is 6.60. The smallest absolute Gasteiger partial charge is 0.127 e. The van der Waals surface area contributed by atoms with E-state index < -0.39 is 0 Å². The molecule has 2 rings (SSSR count). The molecule has 114 valence electrons. The second-order valence-corrected chi connectivity index (χ2v) is 4.93. The Bertz CT molecular complexity index is 610. The highest BCUT2D eigenvalue weighted by atomic mass is 16.5. The van der Waals surface area contributed by atoms with Crippen molar-refractivity contribution in [1.29, 1.82) is 0 Å². The van der Waals surface area contributed by atoms with E-state index in [2.05, 4.69) is 16.6 Å². The van der Waals surface area contributed by atoms with E-state index in [0.717, 1.165) is 34.9 Å². The van der Waals surface area contributed by atoms with Crippen molar-refractivity contribution in [2.24, 2.45) is 12.9 Å². The van der Waals surface area contributed by atoms with Gasteiger partial charge >= 0.3 is 0 Å². The van der Waals surface area contributed by atoms with Crippen molar-refractivity contribution in [2.45, 2.75) is 19.4 Å². The summed E-state index contributed by atoms with van der Waals surface area (Å²) in [6, 6.07) is 7.71. The molecule has 6 nitrogen and oxygen atoms in total. The average Bonchev–Trinajstić information content (AvgIpc) is 2.81. The predicted molar refractivity (Wildman–Crippen MR) is 81.3 cm³/mol. The summed E-state index contributed by atoms with van der Waals surface area (Å²) in [7, 11) is 5.20. The van der Waals surface area contributed by atoms with Gasteiger partial charge in [0, 0.05) is 30.8 Å². The van der Waals surface area contributed by atoms with Crippen molar-refractivity contribution in [1.82, 2.24) is 15.2 Å². The molecule has 1 aromatic heterocycles. The summed E-state index contributed by atoms with van der Waals surface area (Å²) < 4.78 is 12.5. The number of aryl methyl sites for hydroxylation is 2. The van der Waals surface area contributed by atoms with Crippen molar-refractivity contribution in [2.75, 3.05) is 14.2 Å². The number of hydrazine groups is 1. The van der Waals surface area contributed by atoms with Gasteiger partial charge in [-0.05, 0) is 19.1 Å². The molecule has 0 radical (unpaired) electrons. The van der Waals surface area contributed by atoms with Crippen LogP contribution in [0.15, 0.2) is 24.3 Å². The molecule has 0 aliphatic heterocycles. The zero-order valence-corrected chi connectivity index (χ0v) is 12.9. The van der Waals surface area contributed by atoms with Gasteiger partial charge in [-0.15, -0.1) is 0 Å². The number of nitrogens with one attached hydrogen (secondary N) is 1. The van der Waals surface area contributed by atoms with Crippen LogP contribution in [0.3, 0.4) is 0 Å². The van der Waals surface area contributed by atoms with E-state index in [1.54, 1.807) is 14.2 Å². The predicted octanol–water partition coefficient (Wildman–Crippen LogP) is 1.49. The summed E-state index contributed by atoms with van der Waals surface area (Å²) in [6.07, 6.45) is 0.719. The number of nitrogens with two attached hydrogens (primary N) is 1. The topological polar surface area (TPSA) is 74.3 Å². The molecule has 1 heterocycles. The van der Waals surface area contributed by atoms with Gasteiger partial charge in [-0.25, -0.2) is 0 Å². The van der Waals surface area contributed by atoms with Crippen molar-refractivity contribution < 1.29 is 9.47 Å².